The first-order valence-electron chi connectivity index (χ1n) is 9.87. The minimum Gasteiger partial charge on any atom is -0.497 e. The van der Waals surface area contributed by atoms with Gasteiger partial charge in [0, 0.05) is 43.2 Å². The van der Waals surface area contributed by atoms with Crippen molar-refractivity contribution >= 4 is 5.91 Å². The van der Waals surface area contributed by atoms with Crippen molar-refractivity contribution in [1.29, 1.82) is 0 Å². The van der Waals surface area contributed by atoms with Crippen LogP contribution in [0.15, 0.2) is 28.7 Å². The number of benzene rings is 1. The van der Waals surface area contributed by atoms with Crippen LogP contribution in [-0.4, -0.2) is 54.4 Å². The van der Waals surface area contributed by atoms with E-state index in [4.69, 9.17) is 13.9 Å². The quantitative estimate of drug-likeness (QED) is 0.804. The number of hydrogen-bond acceptors (Lipinski definition) is 6. The van der Waals surface area contributed by atoms with Crippen LogP contribution in [0.25, 0.3) is 0 Å². The third-order valence-corrected chi connectivity index (χ3v) is 6.01. The molecule has 0 radical (unpaired) electrons. The topological polar surface area (TPSA) is 77.7 Å². The van der Waals surface area contributed by atoms with Gasteiger partial charge in [0.15, 0.2) is 0 Å². The van der Waals surface area contributed by atoms with Crippen molar-refractivity contribution in [2.45, 2.75) is 38.5 Å². The summed E-state index contributed by atoms with van der Waals surface area (Å²) in [4.78, 5) is 15.1. The fraction of sp³-hybridized carbons (Fsp3) is 0.571. The van der Waals surface area contributed by atoms with Crippen molar-refractivity contribution in [2.24, 2.45) is 5.41 Å². The van der Waals surface area contributed by atoms with E-state index in [1.165, 1.54) is 0 Å². The fourth-order valence-electron chi connectivity index (χ4n) is 4.28. The Balaban J connectivity index is 1.60. The van der Waals surface area contributed by atoms with E-state index in [0.29, 0.717) is 43.6 Å². The third-order valence-electron chi connectivity index (χ3n) is 6.01. The molecular formula is C21H27N3O4. The highest BCUT2D eigenvalue weighted by Gasteiger charge is 2.51. The van der Waals surface area contributed by atoms with E-state index in [0.717, 1.165) is 18.6 Å². The van der Waals surface area contributed by atoms with Crippen LogP contribution in [0, 0.1) is 5.41 Å². The predicted molar refractivity (Wildman–Crippen MR) is 103 cm³/mol. The predicted octanol–water partition coefficient (Wildman–Crippen LogP) is 3.24. The molecule has 1 aromatic heterocycles. The van der Waals surface area contributed by atoms with Gasteiger partial charge in [-0.3, -0.25) is 4.79 Å². The van der Waals surface area contributed by atoms with Gasteiger partial charge in [0.05, 0.1) is 13.0 Å². The molecule has 1 unspecified atom stereocenters. The van der Waals surface area contributed by atoms with E-state index in [9.17, 15) is 4.79 Å². The van der Waals surface area contributed by atoms with Gasteiger partial charge >= 0.3 is 0 Å². The highest BCUT2D eigenvalue weighted by atomic mass is 16.5. The van der Waals surface area contributed by atoms with Gasteiger partial charge in [0.2, 0.25) is 11.8 Å². The number of carbonyl (C=O) groups is 1. The third kappa shape index (κ3) is 3.39. The van der Waals surface area contributed by atoms with Gasteiger partial charge in [0.1, 0.15) is 5.75 Å². The lowest BCUT2D eigenvalue weighted by atomic mass is 9.72. The first-order chi connectivity index (χ1) is 13.5. The average molecular weight is 385 g/mol. The number of hydrogen-bond donors (Lipinski definition) is 0. The number of aromatic nitrogens is 2. The molecule has 2 aliphatic rings. The first kappa shape index (κ1) is 18.9. The van der Waals surface area contributed by atoms with Gasteiger partial charge in [-0.2, -0.15) is 0 Å². The van der Waals surface area contributed by atoms with Gasteiger partial charge in [0.25, 0.3) is 5.91 Å². The van der Waals surface area contributed by atoms with Crippen LogP contribution >= 0.6 is 0 Å². The lowest BCUT2D eigenvalue weighted by Gasteiger charge is -2.36. The Labute approximate surface area is 165 Å². The molecule has 1 amide bonds. The van der Waals surface area contributed by atoms with Crippen LogP contribution in [0.3, 0.4) is 0 Å². The summed E-state index contributed by atoms with van der Waals surface area (Å²) in [5, 5.41) is 8.57. The molecule has 0 N–H and O–H groups in total. The zero-order valence-electron chi connectivity index (χ0n) is 16.7. The second kappa shape index (κ2) is 7.54. The minimum absolute atomic E-state index is 0.0274. The zero-order valence-corrected chi connectivity index (χ0v) is 16.7. The summed E-state index contributed by atoms with van der Waals surface area (Å²) in [6.45, 7) is 6.75. The second-order valence-electron chi connectivity index (χ2n) is 8.07. The standard InChI is InChI=1S/C21H27N3O4/c1-14(2)18-22-23-19(28-18)17-12-24(13-21(17)8-10-27-11-9-21)20(25)15-4-6-16(26-3)7-5-15/h4-7,14,17H,8-13H2,1-3H3. The van der Waals surface area contributed by atoms with Crippen molar-refractivity contribution < 1.29 is 18.7 Å². The molecule has 0 saturated carbocycles. The van der Waals surface area contributed by atoms with Crippen molar-refractivity contribution in [3.8, 4) is 5.75 Å². The summed E-state index contributed by atoms with van der Waals surface area (Å²) in [5.41, 5.74) is 0.596. The summed E-state index contributed by atoms with van der Waals surface area (Å²) in [6.07, 6.45) is 1.78. The SMILES string of the molecule is COc1ccc(C(=O)N2CC(c3nnc(C(C)C)o3)C3(CCOCC3)C2)cc1. The average Bonchev–Trinajstić information content (AvgIpc) is 3.34. The van der Waals surface area contributed by atoms with E-state index in [-0.39, 0.29) is 23.2 Å². The Morgan fingerprint density at radius 3 is 2.54 bits per heavy atom. The Hall–Kier alpha value is -2.41. The van der Waals surface area contributed by atoms with E-state index in [1.807, 2.05) is 43.0 Å². The van der Waals surface area contributed by atoms with Crippen LogP contribution in [0.2, 0.25) is 0 Å². The molecule has 4 rings (SSSR count). The summed E-state index contributed by atoms with van der Waals surface area (Å²) < 4.78 is 16.8. The Morgan fingerprint density at radius 1 is 1.21 bits per heavy atom. The molecule has 7 heteroatoms. The molecule has 7 nitrogen and oxygen atoms in total. The van der Waals surface area contributed by atoms with E-state index in [1.54, 1.807) is 7.11 Å². The van der Waals surface area contributed by atoms with Crippen molar-refractivity contribution in [1.82, 2.24) is 15.1 Å². The molecule has 150 valence electrons. The zero-order chi connectivity index (χ0) is 19.7. The van der Waals surface area contributed by atoms with Crippen molar-refractivity contribution in [3.63, 3.8) is 0 Å². The van der Waals surface area contributed by atoms with Gasteiger partial charge in [-0.15, -0.1) is 10.2 Å². The maximum absolute atomic E-state index is 13.2. The molecule has 2 aliphatic heterocycles. The second-order valence-corrected chi connectivity index (χ2v) is 8.07. The van der Waals surface area contributed by atoms with E-state index >= 15 is 0 Å². The summed E-state index contributed by atoms with van der Waals surface area (Å²) in [7, 11) is 1.62. The highest BCUT2D eigenvalue weighted by molar-refractivity contribution is 5.94. The molecule has 2 fully saturated rings. The summed E-state index contributed by atoms with van der Waals surface area (Å²) in [5.74, 6) is 2.29. The Morgan fingerprint density at radius 2 is 1.93 bits per heavy atom. The van der Waals surface area contributed by atoms with E-state index < -0.39 is 0 Å². The molecular weight excluding hydrogens is 358 g/mol. The van der Waals surface area contributed by atoms with Crippen LogP contribution in [-0.2, 0) is 4.74 Å². The number of amides is 1. The number of nitrogens with zero attached hydrogens (tertiary/aromatic N) is 3. The molecule has 1 aromatic carbocycles. The molecule has 0 aliphatic carbocycles. The van der Waals surface area contributed by atoms with Gasteiger partial charge in [-0.1, -0.05) is 13.8 Å². The lowest BCUT2D eigenvalue weighted by Crippen LogP contribution is -2.37. The maximum atomic E-state index is 13.2. The van der Waals surface area contributed by atoms with Gasteiger partial charge < -0.3 is 18.8 Å². The smallest absolute Gasteiger partial charge is 0.253 e. The largest absolute Gasteiger partial charge is 0.497 e. The lowest BCUT2D eigenvalue weighted by molar-refractivity contribution is 0.00888. The highest BCUT2D eigenvalue weighted by Crippen LogP contribution is 2.49. The molecule has 28 heavy (non-hydrogen) atoms. The molecule has 0 bridgehead atoms. The minimum atomic E-state index is -0.0683. The summed E-state index contributed by atoms with van der Waals surface area (Å²) >= 11 is 0. The Kier molecular flexibility index (Phi) is 5.10. The van der Waals surface area contributed by atoms with Crippen molar-refractivity contribution in [2.75, 3.05) is 33.4 Å². The van der Waals surface area contributed by atoms with Crippen LogP contribution < -0.4 is 4.74 Å². The number of ether oxygens (including phenoxy) is 2. The molecule has 2 aromatic rings. The Bertz CT molecular complexity index is 824. The van der Waals surface area contributed by atoms with Crippen LogP contribution in [0.1, 0.15) is 60.7 Å². The van der Waals surface area contributed by atoms with Crippen molar-refractivity contribution in [3.05, 3.63) is 41.6 Å². The number of carbonyl (C=O) groups excluding carboxylic acids is 1. The molecule has 1 atom stereocenters. The van der Waals surface area contributed by atoms with E-state index in [2.05, 4.69) is 10.2 Å². The maximum Gasteiger partial charge on any atom is 0.253 e. The molecule has 1 spiro atoms. The number of likely N-dealkylation sites (tertiary alicyclic amines) is 1. The summed E-state index contributed by atoms with van der Waals surface area (Å²) in [6, 6.07) is 7.26. The molecule has 3 heterocycles. The monoisotopic (exact) mass is 385 g/mol. The fourth-order valence-corrected chi connectivity index (χ4v) is 4.28. The number of methoxy groups -OCH3 is 1. The van der Waals surface area contributed by atoms with Gasteiger partial charge in [-0.05, 0) is 37.1 Å². The normalized spacial score (nSPS) is 21.4. The van der Waals surface area contributed by atoms with Crippen LogP contribution in [0.5, 0.6) is 5.75 Å². The number of rotatable bonds is 4. The molecule has 2 saturated heterocycles. The first-order valence-corrected chi connectivity index (χ1v) is 9.87. The van der Waals surface area contributed by atoms with Crippen LogP contribution in [0.4, 0.5) is 0 Å². The van der Waals surface area contributed by atoms with Gasteiger partial charge in [-0.25, -0.2) is 0 Å².